The average molecular weight is 279 g/mol. The van der Waals surface area contributed by atoms with E-state index in [1.165, 1.54) is 16.8 Å². The lowest BCUT2D eigenvalue weighted by atomic mass is 10.4. The van der Waals surface area contributed by atoms with Gasteiger partial charge >= 0.3 is 11.2 Å². The van der Waals surface area contributed by atoms with Crippen LogP contribution < -0.4 is 5.56 Å². The van der Waals surface area contributed by atoms with Gasteiger partial charge in [-0.25, -0.2) is 0 Å². The molecule has 1 rings (SSSR count). The van der Waals surface area contributed by atoms with Crippen molar-refractivity contribution >= 4 is 34.2 Å². The van der Waals surface area contributed by atoms with Crippen molar-refractivity contribution in [2.45, 2.75) is 6.54 Å². The van der Waals surface area contributed by atoms with Crippen molar-refractivity contribution < 1.29 is 4.92 Å². The number of pyridine rings is 1. The molecular formula is C7H7BrN2O3S. The highest BCUT2D eigenvalue weighted by Gasteiger charge is 2.15. The molecule has 0 bridgehead atoms. The van der Waals surface area contributed by atoms with E-state index in [0.717, 1.165) is 0 Å². The molecule has 0 aliphatic heterocycles. The number of thiol groups is 1. The van der Waals surface area contributed by atoms with E-state index in [-0.39, 0.29) is 0 Å². The molecule has 0 saturated carbocycles. The molecule has 0 spiro atoms. The van der Waals surface area contributed by atoms with E-state index in [9.17, 15) is 14.9 Å². The topological polar surface area (TPSA) is 65.1 Å². The second-order valence-corrected chi connectivity index (χ2v) is 3.89. The van der Waals surface area contributed by atoms with Crippen molar-refractivity contribution in [1.82, 2.24) is 4.57 Å². The molecule has 0 unspecified atom stereocenters. The third-order valence-electron chi connectivity index (χ3n) is 1.57. The van der Waals surface area contributed by atoms with Crippen LogP contribution in [0.3, 0.4) is 0 Å². The van der Waals surface area contributed by atoms with Gasteiger partial charge in [-0.2, -0.15) is 12.6 Å². The second-order valence-electron chi connectivity index (χ2n) is 2.52. The van der Waals surface area contributed by atoms with Crippen LogP contribution in [0.4, 0.5) is 5.69 Å². The van der Waals surface area contributed by atoms with Crippen LogP contribution in [0.25, 0.3) is 0 Å². The SMILES string of the molecule is O=c1c([N+](=O)[O-])cc(Br)cn1CCS. The number of aromatic nitrogens is 1. The fourth-order valence-corrected chi connectivity index (χ4v) is 1.67. The summed E-state index contributed by atoms with van der Waals surface area (Å²) in [5.74, 6) is 0.452. The van der Waals surface area contributed by atoms with Crippen molar-refractivity contribution in [2.24, 2.45) is 0 Å². The highest BCUT2D eigenvalue weighted by molar-refractivity contribution is 9.10. The second kappa shape index (κ2) is 4.61. The Kier molecular flexibility index (Phi) is 3.70. The third-order valence-corrected chi connectivity index (χ3v) is 2.21. The monoisotopic (exact) mass is 278 g/mol. The summed E-state index contributed by atoms with van der Waals surface area (Å²) in [5, 5.41) is 10.5. The maximum atomic E-state index is 11.4. The fourth-order valence-electron chi connectivity index (χ4n) is 0.989. The first-order valence-corrected chi connectivity index (χ1v) is 5.14. The van der Waals surface area contributed by atoms with Crippen molar-refractivity contribution in [3.63, 3.8) is 0 Å². The molecule has 76 valence electrons. The van der Waals surface area contributed by atoms with E-state index in [2.05, 4.69) is 28.6 Å². The van der Waals surface area contributed by atoms with Crippen LogP contribution in [-0.4, -0.2) is 15.2 Å². The summed E-state index contributed by atoms with van der Waals surface area (Å²) in [5.41, 5.74) is -1.03. The van der Waals surface area contributed by atoms with Gasteiger partial charge in [0.2, 0.25) is 0 Å². The predicted molar refractivity (Wildman–Crippen MR) is 58.9 cm³/mol. The van der Waals surface area contributed by atoms with E-state index in [1.807, 2.05) is 0 Å². The van der Waals surface area contributed by atoms with Crippen LogP contribution in [0.1, 0.15) is 0 Å². The first kappa shape index (κ1) is 11.3. The van der Waals surface area contributed by atoms with Crippen LogP contribution >= 0.6 is 28.6 Å². The Balaban J connectivity index is 3.32. The lowest BCUT2D eigenvalue weighted by Crippen LogP contribution is -2.22. The molecule has 7 heteroatoms. The van der Waals surface area contributed by atoms with Crippen LogP contribution in [0.5, 0.6) is 0 Å². The van der Waals surface area contributed by atoms with Gasteiger partial charge in [0.1, 0.15) is 0 Å². The van der Waals surface area contributed by atoms with Gasteiger partial charge in [0.15, 0.2) is 0 Å². The number of hydrogen-bond donors (Lipinski definition) is 1. The van der Waals surface area contributed by atoms with Crippen molar-refractivity contribution in [3.05, 3.63) is 37.2 Å². The van der Waals surface area contributed by atoms with Gasteiger partial charge in [0.25, 0.3) is 0 Å². The van der Waals surface area contributed by atoms with Crippen LogP contribution in [0.15, 0.2) is 21.5 Å². The molecular weight excluding hydrogens is 272 g/mol. The molecule has 1 aromatic rings. The molecule has 0 fully saturated rings. The van der Waals surface area contributed by atoms with Crippen molar-refractivity contribution in [2.75, 3.05) is 5.75 Å². The van der Waals surface area contributed by atoms with Crippen LogP contribution in [-0.2, 0) is 6.54 Å². The van der Waals surface area contributed by atoms with Gasteiger partial charge in [-0.05, 0) is 15.9 Å². The Labute approximate surface area is 93.4 Å². The smallest absolute Gasteiger partial charge is 0.308 e. The Morgan fingerprint density at radius 3 is 2.79 bits per heavy atom. The third kappa shape index (κ3) is 2.36. The standard InChI is InChI=1S/C7H7BrN2O3S/c8-5-3-6(10(12)13)7(11)9(4-5)1-2-14/h3-4,14H,1-2H2. The summed E-state index contributed by atoms with van der Waals surface area (Å²) >= 11 is 7.05. The zero-order valence-corrected chi connectivity index (χ0v) is 9.49. The lowest BCUT2D eigenvalue weighted by Gasteiger charge is -2.03. The van der Waals surface area contributed by atoms with Crippen LogP contribution in [0.2, 0.25) is 0 Å². The molecule has 0 atom stereocenters. The van der Waals surface area contributed by atoms with Crippen molar-refractivity contribution in [1.29, 1.82) is 0 Å². The van der Waals surface area contributed by atoms with E-state index in [4.69, 9.17) is 0 Å². The molecule has 0 saturated heterocycles. The maximum Gasteiger partial charge on any atom is 0.335 e. The van der Waals surface area contributed by atoms with Gasteiger partial charge in [-0.15, -0.1) is 0 Å². The Morgan fingerprint density at radius 2 is 2.29 bits per heavy atom. The van der Waals surface area contributed by atoms with Gasteiger partial charge in [0.05, 0.1) is 4.92 Å². The largest absolute Gasteiger partial charge is 0.335 e. The first-order valence-electron chi connectivity index (χ1n) is 3.71. The van der Waals surface area contributed by atoms with Gasteiger partial charge in [-0.1, -0.05) is 0 Å². The summed E-state index contributed by atoms with van der Waals surface area (Å²) in [6.45, 7) is 0.349. The molecule has 0 aliphatic carbocycles. The van der Waals surface area contributed by atoms with Gasteiger partial charge < -0.3 is 4.57 Å². The number of nitro groups is 1. The molecule has 1 heterocycles. The number of nitrogens with zero attached hydrogens (tertiary/aromatic N) is 2. The maximum absolute atomic E-state index is 11.4. The van der Waals surface area contributed by atoms with Crippen molar-refractivity contribution in [3.8, 4) is 0 Å². The average Bonchev–Trinajstić information content (AvgIpc) is 2.10. The summed E-state index contributed by atoms with van der Waals surface area (Å²) in [7, 11) is 0. The fraction of sp³-hybridized carbons (Fsp3) is 0.286. The molecule has 0 aliphatic rings. The number of halogens is 1. The Hall–Kier alpha value is -0.820. The summed E-state index contributed by atoms with van der Waals surface area (Å²) < 4.78 is 1.76. The molecule has 14 heavy (non-hydrogen) atoms. The zero-order chi connectivity index (χ0) is 10.7. The molecule has 5 nitrogen and oxygen atoms in total. The summed E-state index contributed by atoms with van der Waals surface area (Å²) in [6, 6.07) is 1.19. The van der Waals surface area contributed by atoms with Crippen LogP contribution in [0, 0.1) is 10.1 Å². The normalized spacial score (nSPS) is 10.1. The van der Waals surface area contributed by atoms with E-state index in [0.29, 0.717) is 16.8 Å². The summed E-state index contributed by atoms with van der Waals surface area (Å²) in [4.78, 5) is 21.2. The predicted octanol–water partition coefficient (Wildman–Crippen LogP) is 1.45. The van der Waals surface area contributed by atoms with E-state index in [1.54, 1.807) is 0 Å². The number of aryl methyl sites for hydroxylation is 1. The Bertz CT molecular complexity index is 418. The number of hydrogen-bond acceptors (Lipinski definition) is 4. The minimum absolute atomic E-state index is 0.349. The van der Waals surface area contributed by atoms with Gasteiger partial charge in [0, 0.05) is 29.0 Å². The lowest BCUT2D eigenvalue weighted by molar-refractivity contribution is -0.386. The first-order chi connectivity index (χ1) is 6.56. The minimum atomic E-state index is -0.692. The summed E-state index contributed by atoms with van der Waals surface area (Å²) in [6.07, 6.45) is 1.51. The molecule has 0 radical (unpaired) electrons. The number of rotatable bonds is 3. The van der Waals surface area contributed by atoms with Gasteiger partial charge in [-0.3, -0.25) is 14.9 Å². The highest BCUT2D eigenvalue weighted by atomic mass is 79.9. The van der Waals surface area contributed by atoms with E-state index < -0.39 is 16.2 Å². The quantitative estimate of drug-likeness (QED) is 0.517. The Morgan fingerprint density at radius 1 is 1.64 bits per heavy atom. The highest BCUT2D eigenvalue weighted by Crippen LogP contribution is 2.13. The van der Waals surface area contributed by atoms with E-state index >= 15 is 0 Å². The minimum Gasteiger partial charge on any atom is -0.308 e. The zero-order valence-electron chi connectivity index (χ0n) is 7.01. The molecule has 0 aromatic carbocycles. The molecule has 1 aromatic heterocycles. The molecule has 0 amide bonds. The molecule has 0 N–H and O–H groups in total.